The first-order chi connectivity index (χ1) is 22.0. The third-order valence-electron chi connectivity index (χ3n) is 9.23. The van der Waals surface area contributed by atoms with E-state index in [0.29, 0.717) is 59.8 Å². The lowest BCUT2D eigenvalue weighted by Crippen LogP contribution is -2.43. The molecule has 0 bridgehead atoms. The SMILES string of the molecule is CC(C)(C[C@@]1(C(F)(F)F)O[C@@H]1C(N)=O)c1cc(F)cc2c1OCC2.CC(C)(C[C@]1(C(F)(F)F)O[C@H]1C(N)=O)c1cc(F)cc2c1OCC2. The molecule has 8 nitrogen and oxygen atoms in total. The molecule has 48 heavy (non-hydrogen) atoms. The van der Waals surface area contributed by atoms with Crippen LogP contribution in [0.2, 0.25) is 0 Å². The number of hydrogen-bond acceptors (Lipinski definition) is 6. The largest absolute Gasteiger partial charge is 0.493 e. The molecule has 2 aromatic carbocycles. The molecule has 0 radical (unpaired) electrons. The highest BCUT2D eigenvalue weighted by Gasteiger charge is 2.77. The molecule has 6 rings (SSSR count). The first kappa shape index (κ1) is 35.6. The molecule has 2 aromatic rings. The average Bonchev–Trinajstić information content (AvgIpc) is 3.71. The Kier molecular flexibility index (Phi) is 8.51. The molecule has 4 heterocycles. The zero-order valence-electron chi connectivity index (χ0n) is 26.3. The molecule has 0 aromatic heterocycles. The van der Waals surface area contributed by atoms with E-state index in [1.54, 1.807) is 0 Å². The van der Waals surface area contributed by atoms with E-state index in [0.717, 1.165) is 0 Å². The topological polar surface area (TPSA) is 130 Å². The fraction of sp³-hybridized carbons (Fsp3) is 0.562. The van der Waals surface area contributed by atoms with Crippen LogP contribution in [-0.4, -0.2) is 60.8 Å². The third-order valence-corrected chi connectivity index (χ3v) is 9.23. The number of benzene rings is 2. The molecule has 4 atom stereocenters. The lowest BCUT2D eigenvalue weighted by Gasteiger charge is -2.31. The number of epoxide rings is 2. The minimum Gasteiger partial charge on any atom is -0.493 e. The van der Waals surface area contributed by atoms with E-state index in [1.165, 1.54) is 52.0 Å². The molecule has 0 aliphatic carbocycles. The van der Waals surface area contributed by atoms with Crippen molar-refractivity contribution in [2.75, 3.05) is 13.2 Å². The maximum atomic E-state index is 13.9. The van der Waals surface area contributed by atoms with Crippen LogP contribution >= 0.6 is 0 Å². The van der Waals surface area contributed by atoms with E-state index in [9.17, 15) is 44.7 Å². The summed E-state index contributed by atoms with van der Waals surface area (Å²) in [4.78, 5) is 22.4. The smallest absolute Gasteiger partial charge is 0.420 e. The summed E-state index contributed by atoms with van der Waals surface area (Å²) in [7, 11) is 0. The van der Waals surface area contributed by atoms with Crippen molar-refractivity contribution in [1.29, 1.82) is 0 Å². The van der Waals surface area contributed by atoms with E-state index in [4.69, 9.17) is 30.4 Å². The van der Waals surface area contributed by atoms with E-state index in [1.807, 2.05) is 0 Å². The highest BCUT2D eigenvalue weighted by molar-refractivity contribution is 5.84. The second-order valence-electron chi connectivity index (χ2n) is 13.8. The van der Waals surface area contributed by atoms with E-state index in [-0.39, 0.29) is 0 Å². The summed E-state index contributed by atoms with van der Waals surface area (Å²) in [6, 6.07) is 4.99. The van der Waals surface area contributed by atoms with Gasteiger partial charge in [-0.3, -0.25) is 9.59 Å². The van der Waals surface area contributed by atoms with Gasteiger partial charge >= 0.3 is 12.4 Å². The number of carbonyl (C=O) groups excluding carboxylic acids is 2. The van der Waals surface area contributed by atoms with Crippen molar-refractivity contribution >= 4 is 11.8 Å². The number of hydrogen-bond donors (Lipinski definition) is 2. The van der Waals surface area contributed by atoms with Gasteiger partial charge in [0.15, 0.2) is 23.4 Å². The highest BCUT2D eigenvalue weighted by atomic mass is 19.4. The first-order valence-electron chi connectivity index (χ1n) is 14.9. The van der Waals surface area contributed by atoms with Gasteiger partial charge in [0.2, 0.25) is 11.8 Å². The maximum absolute atomic E-state index is 13.9. The molecule has 4 N–H and O–H groups in total. The molecular formula is C32H34F8N2O6. The van der Waals surface area contributed by atoms with Gasteiger partial charge in [-0.2, -0.15) is 26.3 Å². The minimum absolute atomic E-state index is 0.331. The number of carbonyl (C=O) groups is 2. The molecule has 2 saturated heterocycles. The number of fused-ring (bicyclic) bond motifs is 2. The van der Waals surface area contributed by atoms with Crippen molar-refractivity contribution < 1.29 is 63.7 Å². The Morgan fingerprint density at radius 1 is 0.688 bits per heavy atom. The van der Waals surface area contributed by atoms with E-state index >= 15 is 0 Å². The highest BCUT2D eigenvalue weighted by Crippen LogP contribution is 2.58. The molecule has 0 saturated carbocycles. The van der Waals surface area contributed by atoms with Crippen LogP contribution < -0.4 is 20.9 Å². The van der Waals surface area contributed by atoms with Crippen LogP contribution in [0.5, 0.6) is 11.5 Å². The van der Waals surface area contributed by atoms with Crippen molar-refractivity contribution in [2.24, 2.45) is 11.5 Å². The number of ether oxygens (including phenoxy) is 4. The lowest BCUT2D eigenvalue weighted by molar-refractivity contribution is -0.190. The Labute approximate surface area is 270 Å². The van der Waals surface area contributed by atoms with Gasteiger partial charge in [0.1, 0.15) is 23.1 Å². The number of amides is 2. The number of nitrogens with two attached hydrogens (primary N) is 2. The van der Waals surface area contributed by atoms with Gasteiger partial charge in [-0.15, -0.1) is 0 Å². The van der Waals surface area contributed by atoms with E-state index in [2.05, 4.69) is 0 Å². The fourth-order valence-corrected chi connectivity index (χ4v) is 6.88. The Morgan fingerprint density at radius 3 is 1.29 bits per heavy atom. The van der Waals surface area contributed by atoms with Gasteiger partial charge in [0, 0.05) is 35.1 Å². The van der Waals surface area contributed by atoms with Crippen molar-refractivity contribution in [3.8, 4) is 11.5 Å². The molecule has 2 amide bonds. The van der Waals surface area contributed by atoms with Crippen LogP contribution in [0, 0.1) is 11.6 Å². The Morgan fingerprint density at radius 2 is 1.02 bits per heavy atom. The van der Waals surface area contributed by atoms with Crippen molar-refractivity contribution in [3.63, 3.8) is 0 Å². The van der Waals surface area contributed by atoms with Crippen molar-refractivity contribution in [3.05, 3.63) is 58.2 Å². The quantitative estimate of drug-likeness (QED) is 0.288. The van der Waals surface area contributed by atoms with Crippen molar-refractivity contribution in [2.45, 2.75) is 100.0 Å². The predicted molar refractivity (Wildman–Crippen MR) is 152 cm³/mol. The second kappa shape index (κ2) is 11.5. The summed E-state index contributed by atoms with van der Waals surface area (Å²) in [5.74, 6) is -2.57. The van der Waals surface area contributed by atoms with Gasteiger partial charge in [-0.25, -0.2) is 8.78 Å². The standard InChI is InChI=1S/2C16H17F4NO3/c2*1-14(2,7-15(16(18,19)20)12(24-15)13(21)22)10-6-9(17)5-8-3-4-23-11(8)10/h2*5-6,12H,3-4,7H2,1-2H3,(H2,21,22)/t2*12-,15-/m10/s1. The van der Waals surface area contributed by atoms with Gasteiger partial charge in [0.05, 0.1) is 13.2 Å². The second-order valence-corrected chi connectivity index (χ2v) is 13.8. The molecule has 16 heteroatoms. The van der Waals surface area contributed by atoms with Crippen LogP contribution in [0.4, 0.5) is 35.1 Å². The van der Waals surface area contributed by atoms with Gasteiger partial charge in [0.25, 0.3) is 0 Å². The summed E-state index contributed by atoms with van der Waals surface area (Å²) in [6.45, 7) is 6.86. The normalized spacial score (nSPS) is 26.0. The Balaban J connectivity index is 0.000000188. The molecule has 0 spiro atoms. The molecule has 264 valence electrons. The number of rotatable bonds is 8. The number of primary amides is 2. The van der Waals surface area contributed by atoms with Gasteiger partial charge in [-0.1, -0.05) is 27.7 Å². The lowest BCUT2D eigenvalue weighted by atomic mass is 9.74. The monoisotopic (exact) mass is 694 g/mol. The molecular weight excluding hydrogens is 660 g/mol. The van der Waals surface area contributed by atoms with Crippen molar-refractivity contribution in [1.82, 2.24) is 0 Å². The minimum atomic E-state index is -4.76. The fourth-order valence-electron chi connectivity index (χ4n) is 6.88. The van der Waals surface area contributed by atoms with Crippen LogP contribution in [0.25, 0.3) is 0 Å². The van der Waals surface area contributed by atoms with Gasteiger partial charge < -0.3 is 30.4 Å². The summed E-state index contributed by atoms with van der Waals surface area (Å²) in [6.07, 6.45) is -13.1. The molecule has 2 fully saturated rings. The number of alkyl halides is 6. The maximum Gasteiger partial charge on any atom is 0.420 e. The van der Waals surface area contributed by atoms with Crippen LogP contribution in [-0.2, 0) is 42.7 Å². The average molecular weight is 695 g/mol. The number of halogens is 8. The molecule has 4 aliphatic rings. The third kappa shape index (κ3) is 6.16. The van der Waals surface area contributed by atoms with E-state index < -0.39 is 82.9 Å². The van der Waals surface area contributed by atoms with Crippen LogP contribution in [0.3, 0.4) is 0 Å². The zero-order chi connectivity index (χ0) is 35.8. The molecule has 0 unspecified atom stereocenters. The predicted octanol–water partition coefficient (Wildman–Crippen LogP) is 5.23. The summed E-state index contributed by atoms with van der Waals surface area (Å²) in [5, 5.41) is 0. The summed E-state index contributed by atoms with van der Waals surface area (Å²) in [5.41, 5.74) is 4.34. The van der Waals surface area contributed by atoms with Gasteiger partial charge in [-0.05, 0) is 47.9 Å². The first-order valence-corrected chi connectivity index (χ1v) is 14.9. The van der Waals surface area contributed by atoms with Crippen LogP contribution in [0.1, 0.15) is 62.8 Å². The zero-order valence-corrected chi connectivity index (χ0v) is 26.3. The Hall–Kier alpha value is -3.66. The Bertz CT molecular complexity index is 1520. The summed E-state index contributed by atoms with van der Waals surface area (Å²) < 4.78 is 129. The molecule has 4 aliphatic heterocycles. The van der Waals surface area contributed by atoms with Crippen LogP contribution in [0.15, 0.2) is 24.3 Å². The summed E-state index contributed by atoms with van der Waals surface area (Å²) >= 11 is 0.